The summed E-state index contributed by atoms with van der Waals surface area (Å²) in [5.41, 5.74) is 2.37. The molecule has 1 unspecified atom stereocenters. The van der Waals surface area contributed by atoms with Gasteiger partial charge in [0.2, 0.25) is 0 Å². The summed E-state index contributed by atoms with van der Waals surface area (Å²) < 4.78 is 6.93. The van der Waals surface area contributed by atoms with Crippen LogP contribution in [0, 0.1) is 0 Å². The summed E-state index contributed by atoms with van der Waals surface area (Å²) in [5, 5.41) is 7.00. The van der Waals surface area contributed by atoms with Gasteiger partial charge in [-0.3, -0.25) is 4.79 Å². The van der Waals surface area contributed by atoms with Crippen molar-refractivity contribution in [3.8, 4) is 5.75 Å². The minimum absolute atomic E-state index is 0.0581. The normalized spacial score (nSPS) is 17.1. The molecule has 0 spiro atoms. The number of thiophene rings is 1. The molecule has 0 radical (unpaired) electrons. The highest BCUT2D eigenvalue weighted by Gasteiger charge is 2.30. The van der Waals surface area contributed by atoms with E-state index in [4.69, 9.17) is 16.3 Å². The zero-order valence-corrected chi connectivity index (χ0v) is 14.9. The molecule has 1 aliphatic heterocycles. The third kappa shape index (κ3) is 2.37. The lowest BCUT2D eigenvalue weighted by Gasteiger charge is -2.33. The summed E-state index contributed by atoms with van der Waals surface area (Å²) in [6.45, 7) is 2.77. The van der Waals surface area contributed by atoms with Gasteiger partial charge in [-0.1, -0.05) is 11.6 Å². The molecule has 0 aliphatic carbocycles. The molecule has 0 N–H and O–H groups in total. The lowest BCUT2D eigenvalue weighted by atomic mass is 10.0. The van der Waals surface area contributed by atoms with Crippen LogP contribution in [0.2, 0.25) is 5.02 Å². The van der Waals surface area contributed by atoms with Crippen LogP contribution in [0.1, 0.15) is 33.9 Å². The number of rotatable bonds is 2. The van der Waals surface area contributed by atoms with Gasteiger partial charge < -0.3 is 9.64 Å². The number of carbonyl (C=O) groups excluding carboxylic acids is 1. The van der Waals surface area contributed by atoms with E-state index in [0.717, 1.165) is 11.9 Å². The van der Waals surface area contributed by atoms with Crippen molar-refractivity contribution in [3.63, 3.8) is 0 Å². The van der Waals surface area contributed by atoms with Crippen LogP contribution in [0.25, 0.3) is 5.52 Å². The lowest BCUT2D eigenvalue weighted by molar-refractivity contribution is 0.0673. The van der Waals surface area contributed by atoms with Crippen LogP contribution in [0.3, 0.4) is 0 Å². The van der Waals surface area contributed by atoms with E-state index >= 15 is 0 Å². The van der Waals surface area contributed by atoms with Gasteiger partial charge in [-0.2, -0.15) is 5.10 Å². The van der Waals surface area contributed by atoms with Crippen molar-refractivity contribution < 1.29 is 9.53 Å². The number of carbonyl (C=O) groups is 1. The summed E-state index contributed by atoms with van der Waals surface area (Å²) in [6.07, 6.45) is 2.57. The monoisotopic (exact) mass is 361 g/mol. The molecule has 124 valence electrons. The topological polar surface area (TPSA) is 46.8 Å². The second-order valence-corrected chi connectivity index (χ2v) is 7.25. The number of hydrogen-bond acceptors (Lipinski definition) is 4. The predicted molar refractivity (Wildman–Crippen MR) is 94.2 cm³/mol. The highest BCUT2D eigenvalue weighted by Crippen LogP contribution is 2.34. The van der Waals surface area contributed by atoms with Gasteiger partial charge in [0.25, 0.3) is 5.91 Å². The molecule has 3 aromatic heterocycles. The van der Waals surface area contributed by atoms with Crippen LogP contribution in [0.4, 0.5) is 0 Å². The first-order valence-electron chi connectivity index (χ1n) is 7.68. The van der Waals surface area contributed by atoms with E-state index in [1.807, 2.05) is 4.90 Å². The van der Waals surface area contributed by atoms with Crippen LogP contribution in [0.15, 0.2) is 29.8 Å². The summed E-state index contributed by atoms with van der Waals surface area (Å²) in [7, 11) is 1.57. The van der Waals surface area contributed by atoms with Gasteiger partial charge in [-0.15, -0.1) is 11.3 Å². The highest BCUT2D eigenvalue weighted by molar-refractivity contribution is 7.10. The molecule has 0 bridgehead atoms. The third-order valence-electron chi connectivity index (χ3n) is 4.48. The molecule has 3 aromatic rings. The predicted octanol–water partition coefficient (Wildman–Crippen LogP) is 3.82. The van der Waals surface area contributed by atoms with Gasteiger partial charge >= 0.3 is 0 Å². The largest absolute Gasteiger partial charge is 0.494 e. The Balaban J connectivity index is 1.71. The standard InChI is InChI=1S/C17H16ClN3O2S/c1-10-12-4-6-24-16(12)3-5-20(10)17(22)13-8-14-15(23-2)7-11(18)9-21(14)19-13/h4,6-10H,3,5H2,1-2H3. The van der Waals surface area contributed by atoms with Gasteiger partial charge in [-0.25, -0.2) is 4.52 Å². The Kier molecular flexibility index (Phi) is 3.73. The zero-order valence-electron chi connectivity index (χ0n) is 13.3. The molecule has 24 heavy (non-hydrogen) atoms. The van der Waals surface area contributed by atoms with Gasteiger partial charge in [0.05, 0.1) is 18.2 Å². The second-order valence-electron chi connectivity index (χ2n) is 5.81. The Morgan fingerprint density at radius 1 is 1.46 bits per heavy atom. The van der Waals surface area contributed by atoms with Crippen LogP contribution in [0.5, 0.6) is 5.75 Å². The SMILES string of the molecule is COc1cc(Cl)cn2nc(C(=O)N3CCc4sccc4C3C)cc12. The van der Waals surface area contributed by atoms with Crippen molar-refractivity contribution in [1.29, 1.82) is 0 Å². The number of aromatic nitrogens is 2. The van der Waals surface area contributed by atoms with Gasteiger partial charge in [0.1, 0.15) is 11.3 Å². The van der Waals surface area contributed by atoms with Crippen molar-refractivity contribution in [2.45, 2.75) is 19.4 Å². The quantitative estimate of drug-likeness (QED) is 0.697. The van der Waals surface area contributed by atoms with E-state index < -0.39 is 0 Å². The first kappa shape index (κ1) is 15.5. The molecule has 7 heteroatoms. The Bertz CT molecular complexity index is 933. The third-order valence-corrected chi connectivity index (χ3v) is 5.68. The molecule has 5 nitrogen and oxygen atoms in total. The van der Waals surface area contributed by atoms with E-state index in [0.29, 0.717) is 23.0 Å². The molecule has 1 amide bonds. The minimum atomic E-state index is -0.0683. The first-order valence-corrected chi connectivity index (χ1v) is 8.94. The maximum atomic E-state index is 13.0. The average molecular weight is 362 g/mol. The molecule has 4 heterocycles. The fourth-order valence-electron chi connectivity index (χ4n) is 3.23. The van der Waals surface area contributed by atoms with Gasteiger partial charge in [-0.05, 0) is 30.4 Å². The number of pyridine rings is 1. The number of halogens is 1. The Morgan fingerprint density at radius 3 is 3.08 bits per heavy atom. The van der Waals surface area contributed by atoms with Gasteiger partial charge in [0, 0.05) is 29.8 Å². The number of methoxy groups -OCH3 is 1. The summed E-state index contributed by atoms with van der Waals surface area (Å²) in [6, 6.07) is 5.64. The van der Waals surface area contributed by atoms with Crippen molar-refractivity contribution in [2.75, 3.05) is 13.7 Å². The van der Waals surface area contributed by atoms with Crippen molar-refractivity contribution in [1.82, 2.24) is 14.5 Å². The maximum Gasteiger partial charge on any atom is 0.274 e. The Hall–Kier alpha value is -2.05. The van der Waals surface area contributed by atoms with E-state index in [2.05, 4.69) is 23.5 Å². The fraction of sp³-hybridized carbons (Fsp3) is 0.294. The van der Waals surface area contributed by atoms with Crippen LogP contribution in [-0.4, -0.2) is 34.1 Å². The van der Waals surface area contributed by atoms with Crippen LogP contribution >= 0.6 is 22.9 Å². The molecule has 4 rings (SSSR count). The van der Waals surface area contributed by atoms with Gasteiger partial charge in [0.15, 0.2) is 5.69 Å². The number of amides is 1. The molecular weight excluding hydrogens is 346 g/mol. The van der Waals surface area contributed by atoms with E-state index in [1.54, 1.807) is 41.3 Å². The van der Waals surface area contributed by atoms with E-state index in [-0.39, 0.29) is 11.9 Å². The number of fused-ring (bicyclic) bond motifs is 2. The average Bonchev–Trinajstić information content (AvgIpc) is 3.20. The molecule has 0 fully saturated rings. The number of nitrogens with zero attached hydrogens (tertiary/aromatic N) is 3. The lowest BCUT2D eigenvalue weighted by Crippen LogP contribution is -2.38. The minimum Gasteiger partial charge on any atom is -0.494 e. The summed E-state index contributed by atoms with van der Waals surface area (Å²) in [5.74, 6) is 0.530. The second kappa shape index (κ2) is 5.79. The molecule has 0 aromatic carbocycles. The number of hydrogen-bond donors (Lipinski definition) is 0. The van der Waals surface area contributed by atoms with E-state index in [9.17, 15) is 4.79 Å². The maximum absolute atomic E-state index is 13.0. The molecule has 1 atom stereocenters. The van der Waals surface area contributed by atoms with Crippen molar-refractivity contribution >= 4 is 34.4 Å². The van der Waals surface area contributed by atoms with E-state index in [1.165, 1.54) is 10.4 Å². The highest BCUT2D eigenvalue weighted by atomic mass is 35.5. The molecule has 0 saturated carbocycles. The fourth-order valence-corrected chi connectivity index (χ4v) is 4.39. The van der Waals surface area contributed by atoms with Crippen LogP contribution in [-0.2, 0) is 6.42 Å². The van der Waals surface area contributed by atoms with Crippen molar-refractivity contribution in [2.24, 2.45) is 0 Å². The van der Waals surface area contributed by atoms with Crippen LogP contribution < -0.4 is 4.74 Å². The number of ether oxygens (including phenoxy) is 1. The molecule has 0 saturated heterocycles. The first-order chi connectivity index (χ1) is 11.6. The smallest absolute Gasteiger partial charge is 0.274 e. The Labute approximate surface area is 148 Å². The molecular formula is C17H16ClN3O2S. The Morgan fingerprint density at radius 2 is 2.29 bits per heavy atom. The van der Waals surface area contributed by atoms with Crippen molar-refractivity contribution in [3.05, 3.63) is 50.9 Å². The summed E-state index contributed by atoms with van der Waals surface area (Å²) >= 11 is 7.83. The molecule has 1 aliphatic rings. The zero-order chi connectivity index (χ0) is 16.8. The summed E-state index contributed by atoms with van der Waals surface area (Å²) in [4.78, 5) is 16.2.